The number of benzene rings is 1. The number of nitrogens with zero attached hydrogens (tertiary/aromatic N) is 5. The maximum Gasteiger partial charge on any atom is 0.253 e. The lowest BCUT2D eigenvalue weighted by atomic mass is 10.0. The van der Waals surface area contributed by atoms with Crippen LogP contribution in [0, 0.1) is 6.92 Å². The summed E-state index contributed by atoms with van der Waals surface area (Å²) in [4.78, 5) is 13.3. The van der Waals surface area contributed by atoms with Crippen molar-refractivity contribution in [2.75, 3.05) is 5.75 Å². The molecular weight excluding hydrogens is 422 g/mol. The van der Waals surface area contributed by atoms with E-state index < -0.39 is 0 Å². The summed E-state index contributed by atoms with van der Waals surface area (Å²) in [5.41, 5.74) is 3.14. The molecule has 0 saturated heterocycles. The molecule has 2 fully saturated rings. The average molecular weight is 448 g/mol. The highest BCUT2D eigenvalue weighted by Gasteiger charge is 2.38. The van der Waals surface area contributed by atoms with Crippen LogP contribution < -0.4 is 0 Å². The van der Waals surface area contributed by atoms with E-state index in [9.17, 15) is 4.79 Å². The van der Waals surface area contributed by atoms with E-state index in [4.69, 9.17) is 9.52 Å². The van der Waals surface area contributed by atoms with Gasteiger partial charge in [0.25, 0.3) is 5.91 Å². The second kappa shape index (κ2) is 7.92. The molecule has 8 heteroatoms. The van der Waals surface area contributed by atoms with Gasteiger partial charge in [-0.2, -0.15) is 5.10 Å². The number of hydrogen-bond donors (Lipinski definition) is 0. The Morgan fingerprint density at radius 2 is 1.94 bits per heavy atom. The van der Waals surface area contributed by atoms with E-state index in [0.29, 0.717) is 18.4 Å². The molecule has 3 aromatic rings. The molecule has 0 radical (unpaired) electrons. The lowest BCUT2D eigenvalue weighted by Crippen LogP contribution is -2.28. The molecule has 0 N–H and O–H groups in total. The van der Waals surface area contributed by atoms with E-state index in [-0.39, 0.29) is 17.7 Å². The van der Waals surface area contributed by atoms with Crippen molar-refractivity contribution in [3.63, 3.8) is 0 Å². The van der Waals surface area contributed by atoms with Crippen molar-refractivity contribution in [1.29, 1.82) is 0 Å². The van der Waals surface area contributed by atoms with E-state index in [2.05, 4.69) is 46.0 Å². The molecule has 1 atom stereocenters. The molecule has 2 saturated carbocycles. The van der Waals surface area contributed by atoms with E-state index >= 15 is 0 Å². The summed E-state index contributed by atoms with van der Waals surface area (Å²) in [6.07, 6.45) is 7.03. The van der Waals surface area contributed by atoms with Gasteiger partial charge in [-0.15, -0.1) is 10.2 Å². The Kier molecular flexibility index (Phi) is 4.90. The van der Waals surface area contributed by atoms with Gasteiger partial charge in [0.15, 0.2) is 5.16 Å². The minimum atomic E-state index is -0.224. The zero-order valence-corrected chi connectivity index (χ0v) is 18.8. The first-order chi connectivity index (χ1) is 15.7. The number of hydrazone groups is 1. The summed E-state index contributed by atoms with van der Waals surface area (Å²) >= 11 is 1.47. The van der Waals surface area contributed by atoms with Gasteiger partial charge in [0.05, 0.1) is 17.7 Å². The number of hydrogen-bond acceptors (Lipinski definition) is 6. The summed E-state index contributed by atoms with van der Waals surface area (Å²) in [7, 11) is 0. The smallest absolute Gasteiger partial charge is 0.253 e. The van der Waals surface area contributed by atoms with Crippen molar-refractivity contribution in [1.82, 2.24) is 19.8 Å². The van der Waals surface area contributed by atoms with Crippen LogP contribution in [0.4, 0.5) is 0 Å². The van der Waals surface area contributed by atoms with Crippen molar-refractivity contribution in [2.24, 2.45) is 5.10 Å². The number of aromatic nitrogens is 3. The zero-order valence-electron chi connectivity index (χ0n) is 18.0. The molecule has 7 nitrogen and oxygen atoms in total. The molecule has 1 aromatic carbocycles. The lowest BCUT2D eigenvalue weighted by molar-refractivity contribution is -0.130. The van der Waals surface area contributed by atoms with Gasteiger partial charge in [0, 0.05) is 18.4 Å². The van der Waals surface area contributed by atoms with Gasteiger partial charge in [-0.1, -0.05) is 41.6 Å². The molecule has 6 rings (SSSR count). The minimum absolute atomic E-state index is 0.0446. The second-order valence-corrected chi connectivity index (χ2v) is 9.83. The fourth-order valence-corrected chi connectivity index (χ4v) is 5.10. The number of thioether (sulfide) groups is 1. The topological polar surface area (TPSA) is 76.5 Å². The van der Waals surface area contributed by atoms with Crippen LogP contribution in [-0.2, 0) is 4.79 Å². The Morgan fingerprint density at radius 3 is 2.62 bits per heavy atom. The van der Waals surface area contributed by atoms with Crippen LogP contribution in [0.5, 0.6) is 0 Å². The fourth-order valence-electron chi connectivity index (χ4n) is 4.24. The molecular formula is C24H25N5O2S. The molecule has 32 heavy (non-hydrogen) atoms. The zero-order chi connectivity index (χ0) is 21.7. The number of amides is 1. The monoisotopic (exact) mass is 447 g/mol. The molecule has 1 amide bonds. The third kappa shape index (κ3) is 3.77. The first-order valence-electron chi connectivity index (χ1n) is 11.2. The maximum absolute atomic E-state index is 13.3. The SMILES string of the molecule is Cc1ccc(C2=NN(C(=O)CSc3nnc(C4CC4)n3C3CC3)C(c3ccco3)C2)cc1. The van der Waals surface area contributed by atoms with Crippen LogP contribution in [0.1, 0.15) is 72.8 Å². The molecule has 0 bridgehead atoms. The fraction of sp³-hybridized carbons (Fsp3) is 0.417. The summed E-state index contributed by atoms with van der Waals surface area (Å²) in [5.74, 6) is 2.65. The van der Waals surface area contributed by atoms with Crippen molar-refractivity contribution >= 4 is 23.4 Å². The highest BCUT2D eigenvalue weighted by atomic mass is 32.2. The molecule has 1 aliphatic heterocycles. The number of aryl methyl sites for hydroxylation is 1. The van der Waals surface area contributed by atoms with Crippen LogP contribution in [-0.4, -0.2) is 37.1 Å². The van der Waals surface area contributed by atoms with Gasteiger partial charge in [-0.05, 0) is 50.3 Å². The lowest BCUT2D eigenvalue weighted by Gasteiger charge is -2.19. The van der Waals surface area contributed by atoms with E-state index in [1.807, 2.05) is 12.1 Å². The molecule has 1 unspecified atom stereocenters. The number of carbonyl (C=O) groups excluding carboxylic acids is 1. The van der Waals surface area contributed by atoms with Gasteiger partial charge in [-0.25, -0.2) is 5.01 Å². The summed E-state index contributed by atoms with van der Waals surface area (Å²) in [6.45, 7) is 2.06. The van der Waals surface area contributed by atoms with Crippen LogP contribution >= 0.6 is 11.8 Å². The maximum atomic E-state index is 13.3. The Balaban J connectivity index is 1.22. The van der Waals surface area contributed by atoms with Gasteiger partial charge >= 0.3 is 0 Å². The van der Waals surface area contributed by atoms with Gasteiger partial charge in [0.2, 0.25) is 0 Å². The van der Waals surface area contributed by atoms with Crippen LogP contribution in [0.2, 0.25) is 0 Å². The largest absolute Gasteiger partial charge is 0.467 e. The van der Waals surface area contributed by atoms with Crippen molar-refractivity contribution in [3.8, 4) is 0 Å². The highest BCUT2D eigenvalue weighted by molar-refractivity contribution is 7.99. The van der Waals surface area contributed by atoms with Gasteiger partial charge in [-0.3, -0.25) is 4.79 Å². The molecule has 2 aliphatic carbocycles. The van der Waals surface area contributed by atoms with Crippen LogP contribution in [0.25, 0.3) is 0 Å². The van der Waals surface area contributed by atoms with E-state index in [1.54, 1.807) is 11.3 Å². The summed E-state index contributed by atoms with van der Waals surface area (Å²) in [6, 6.07) is 12.3. The number of carbonyl (C=O) groups is 1. The predicted molar refractivity (Wildman–Crippen MR) is 122 cm³/mol. The van der Waals surface area contributed by atoms with E-state index in [0.717, 1.165) is 28.0 Å². The Bertz CT molecular complexity index is 1160. The molecule has 0 spiro atoms. The first kappa shape index (κ1) is 19.8. The predicted octanol–water partition coefficient (Wildman–Crippen LogP) is 4.86. The van der Waals surface area contributed by atoms with Crippen molar-refractivity contribution < 1.29 is 9.21 Å². The first-order valence-corrected chi connectivity index (χ1v) is 12.2. The average Bonchev–Trinajstić information content (AvgIpc) is 3.67. The summed E-state index contributed by atoms with van der Waals surface area (Å²) in [5, 5.41) is 16.1. The molecule has 3 aliphatic rings. The minimum Gasteiger partial charge on any atom is -0.467 e. The third-order valence-electron chi connectivity index (χ3n) is 6.29. The van der Waals surface area contributed by atoms with Crippen LogP contribution in [0.3, 0.4) is 0 Å². The Labute approximate surface area is 190 Å². The highest BCUT2D eigenvalue weighted by Crippen LogP contribution is 2.46. The normalized spacial score (nSPS) is 20.6. The van der Waals surface area contributed by atoms with E-state index in [1.165, 1.54) is 43.0 Å². The molecule has 164 valence electrons. The number of furan rings is 1. The van der Waals surface area contributed by atoms with Crippen molar-refractivity contribution in [3.05, 3.63) is 65.4 Å². The molecule has 3 heterocycles. The van der Waals surface area contributed by atoms with Gasteiger partial charge < -0.3 is 8.98 Å². The number of rotatable bonds is 7. The van der Waals surface area contributed by atoms with Crippen LogP contribution in [0.15, 0.2) is 57.3 Å². The standard InChI is InChI=1S/C24H25N5O2S/c1-15-4-6-16(7-5-15)19-13-20(21-3-2-12-31-21)29(27-19)22(30)14-32-24-26-25-23(17-8-9-17)28(24)18-10-11-18/h2-7,12,17-18,20H,8-11,13-14H2,1H3. The quantitative estimate of drug-likeness (QED) is 0.483. The Hall–Kier alpha value is -2.87. The summed E-state index contributed by atoms with van der Waals surface area (Å²) < 4.78 is 7.94. The van der Waals surface area contributed by atoms with Crippen molar-refractivity contribution in [2.45, 2.75) is 62.2 Å². The van der Waals surface area contributed by atoms with Gasteiger partial charge in [0.1, 0.15) is 17.6 Å². The molecule has 2 aromatic heterocycles. The third-order valence-corrected chi connectivity index (χ3v) is 7.22. The Morgan fingerprint density at radius 1 is 1.12 bits per heavy atom. The second-order valence-electron chi connectivity index (χ2n) is 8.89.